The Morgan fingerprint density at radius 1 is 1.00 bits per heavy atom. The topological polar surface area (TPSA) is 101 Å². The molecule has 8 rings (SSSR count). The molecule has 1 amide bonds. The van der Waals surface area contributed by atoms with Crippen LogP contribution in [0.4, 0.5) is 19.4 Å². The summed E-state index contributed by atoms with van der Waals surface area (Å²) in [5, 5.41) is 11.9. The molecule has 1 aliphatic carbocycles. The molecule has 1 N–H and O–H groups in total. The molecular weight excluding hydrogens is 765 g/mol. The van der Waals surface area contributed by atoms with Gasteiger partial charge in [-0.25, -0.2) is 18.6 Å². The highest BCUT2D eigenvalue weighted by Crippen LogP contribution is 2.48. The quantitative estimate of drug-likeness (QED) is 0.139. The minimum Gasteiger partial charge on any atom is -0.463 e. The minimum atomic E-state index is -2.26. The molecule has 0 radical (unpaired) electrons. The Bertz CT molecular complexity index is 2360. The molecule has 2 bridgehead atoms. The summed E-state index contributed by atoms with van der Waals surface area (Å²) < 4.78 is 46.2. The third kappa shape index (κ3) is 7.04. The van der Waals surface area contributed by atoms with Gasteiger partial charge in [0.1, 0.15) is 36.5 Å². The number of pyridine rings is 1. The van der Waals surface area contributed by atoms with Gasteiger partial charge in [-0.3, -0.25) is 4.90 Å². The third-order valence-electron chi connectivity index (χ3n) is 13.8. The molecule has 1 saturated carbocycles. The van der Waals surface area contributed by atoms with Gasteiger partial charge >= 0.3 is 12.1 Å². The Kier molecular flexibility index (Phi) is 10.5. The van der Waals surface area contributed by atoms with E-state index in [0.717, 1.165) is 31.1 Å². The lowest BCUT2D eigenvalue weighted by molar-refractivity contribution is 0.00489. The molecule has 3 fully saturated rings. The molecule has 0 unspecified atom stereocenters. The van der Waals surface area contributed by atoms with E-state index in [1.165, 1.54) is 6.07 Å². The first-order chi connectivity index (χ1) is 27.9. The van der Waals surface area contributed by atoms with Crippen molar-refractivity contribution < 1.29 is 28.2 Å². The number of hydrogen-bond donors (Lipinski definition) is 1. The predicted octanol–water partition coefficient (Wildman–Crippen LogP) is 9.99. The number of fused-ring (bicyclic) bond motifs is 6. The zero-order valence-corrected chi connectivity index (χ0v) is 37.2. The van der Waals surface area contributed by atoms with Crippen LogP contribution in [0.25, 0.3) is 32.9 Å². The van der Waals surface area contributed by atoms with Gasteiger partial charge in [0, 0.05) is 22.9 Å². The third-order valence-corrected chi connectivity index (χ3v) is 20.1. The predicted molar refractivity (Wildman–Crippen MR) is 231 cm³/mol. The number of nitrogens with zero attached hydrogens (tertiary/aromatic N) is 5. The van der Waals surface area contributed by atoms with E-state index in [4.69, 9.17) is 24.4 Å². The fraction of sp³-hybridized carbons (Fsp3) is 0.574. The zero-order valence-electron chi connectivity index (χ0n) is 36.2. The van der Waals surface area contributed by atoms with Crippen molar-refractivity contribution in [3.63, 3.8) is 0 Å². The molecule has 59 heavy (non-hydrogen) atoms. The number of carbonyl (C=O) groups is 1. The lowest BCUT2D eigenvalue weighted by Crippen LogP contribution is -2.63. The van der Waals surface area contributed by atoms with Gasteiger partial charge in [0.15, 0.2) is 5.82 Å². The van der Waals surface area contributed by atoms with Crippen LogP contribution in [-0.4, -0.2) is 82.6 Å². The van der Waals surface area contributed by atoms with Crippen molar-refractivity contribution in [2.24, 2.45) is 11.3 Å². The molecule has 5 heterocycles. The Morgan fingerprint density at radius 2 is 1.71 bits per heavy atom. The number of amides is 1. The Labute approximate surface area is 348 Å². The van der Waals surface area contributed by atoms with E-state index in [1.54, 1.807) is 12.1 Å². The number of benzene rings is 2. The van der Waals surface area contributed by atoms with E-state index in [1.807, 2.05) is 37.8 Å². The van der Waals surface area contributed by atoms with Crippen LogP contribution in [0.2, 0.25) is 16.6 Å². The Morgan fingerprint density at radius 3 is 2.36 bits per heavy atom. The van der Waals surface area contributed by atoms with E-state index >= 15 is 8.78 Å². The van der Waals surface area contributed by atoms with E-state index in [0.29, 0.717) is 57.4 Å². The van der Waals surface area contributed by atoms with Crippen molar-refractivity contribution in [3.8, 4) is 28.7 Å². The first kappa shape index (κ1) is 41.4. The Balaban J connectivity index is 1.33. The standard InChI is InChI=1S/C47H59F2N5O4Si/c1-26(2)59(27(3)4,28(5)6)21-18-32-34(48)16-14-30-12-11-13-33(37(30)32)40-39(49)41-38-35(50-40)22-29(7)42-36-17-15-31(54(36)45(56)58-46(8,9)10)23-53(42)43(38)52-44(51-41)57-25-47(24-55)19-20-47/h11-14,16,26-29,31,36,42,55H,15,17,19-20,22-25H2,1-10H3/t29-,31+,36-,42-/m0/s1. The van der Waals surface area contributed by atoms with E-state index in [9.17, 15) is 9.90 Å². The number of hydrogen-bond acceptors (Lipinski definition) is 8. The van der Waals surface area contributed by atoms with Crippen LogP contribution in [0.15, 0.2) is 30.3 Å². The molecule has 314 valence electrons. The lowest BCUT2D eigenvalue weighted by atomic mass is 9.88. The highest BCUT2D eigenvalue weighted by Gasteiger charge is 2.53. The summed E-state index contributed by atoms with van der Waals surface area (Å²) in [6.45, 7) is 21.8. The van der Waals surface area contributed by atoms with Crippen LogP contribution in [0.5, 0.6) is 6.01 Å². The van der Waals surface area contributed by atoms with E-state index in [2.05, 4.69) is 64.8 Å². The van der Waals surface area contributed by atoms with Crippen LogP contribution in [0.1, 0.15) is 106 Å². The monoisotopic (exact) mass is 823 g/mol. The highest BCUT2D eigenvalue weighted by atomic mass is 28.3. The highest BCUT2D eigenvalue weighted by molar-refractivity contribution is 6.90. The fourth-order valence-corrected chi connectivity index (χ4v) is 16.0. The van der Waals surface area contributed by atoms with Gasteiger partial charge in [0.25, 0.3) is 0 Å². The van der Waals surface area contributed by atoms with Gasteiger partial charge in [-0.1, -0.05) is 78.7 Å². The summed E-state index contributed by atoms with van der Waals surface area (Å²) in [5.41, 5.74) is 5.21. The number of halogens is 2. The first-order valence-electron chi connectivity index (χ1n) is 21.6. The molecule has 2 aromatic heterocycles. The summed E-state index contributed by atoms with van der Waals surface area (Å²) in [4.78, 5) is 32.9. The van der Waals surface area contributed by atoms with Crippen LogP contribution < -0.4 is 9.64 Å². The normalized spacial score (nSPS) is 22.2. The molecule has 4 aliphatic rings. The second kappa shape index (κ2) is 15.0. The molecule has 4 atom stereocenters. The first-order valence-corrected chi connectivity index (χ1v) is 23.8. The minimum absolute atomic E-state index is 0.0203. The number of aromatic nitrogens is 3. The fourth-order valence-electron chi connectivity index (χ4n) is 10.7. The average molecular weight is 824 g/mol. The van der Waals surface area contributed by atoms with Crippen LogP contribution in [0.3, 0.4) is 0 Å². The number of ether oxygens (including phenoxy) is 2. The zero-order chi connectivity index (χ0) is 42.3. The molecule has 2 saturated heterocycles. The largest absolute Gasteiger partial charge is 0.463 e. The second-order valence-corrected chi connectivity index (χ2v) is 25.3. The number of aliphatic hydroxyl groups excluding tert-OH is 1. The van der Waals surface area contributed by atoms with Crippen molar-refractivity contribution >= 4 is 41.7 Å². The van der Waals surface area contributed by atoms with E-state index in [-0.39, 0.29) is 71.5 Å². The average Bonchev–Trinajstić information content (AvgIpc) is 3.91. The van der Waals surface area contributed by atoms with Crippen molar-refractivity contribution in [1.82, 2.24) is 19.9 Å². The SMILES string of the molecule is CC(C)[Si](C#Cc1c(F)ccc2cccc(-c3nc4c5c(nc(OCC6(CO)CC6)nc5c3F)N3C[C@H]5CC[C@@H]([C@@H]3[C@@H](C)C4)N5C(=O)OC(C)(C)C)c12)(C(C)C)C(C)C. The number of rotatable bonds is 8. The van der Waals surface area contributed by atoms with Crippen LogP contribution in [0, 0.1) is 34.4 Å². The molecule has 0 spiro atoms. The Hall–Kier alpha value is -4.34. The molecule has 9 nitrogen and oxygen atoms in total. The van der Waals surface area contributed by atoms with E-state index < -0.39 is 25.3 Å². The lowest BCUT2D eigenvalue weighted by Gasteiger charge is -2.49. The number of piperazine rings is 1. The summed E-state index contributed by atoms with van der Waals surface area (Å²) >= 11 is 0. The van der Waals surface area contributed by atoms with Gasteiger partial charge in [-0.2, -0.15) is 9.97 Å². The van der Waals surface area contributed by atoms with Crippen LogP contribution >= 0.6 is 0 Å². The smallest absolute Gasteiger partial charge is 0.410 e. The van der Waals surface area contributed by atoms with Crippen molar-refractivity contribution in [2.75, 3.05) is 24.7 Å². The summed E-state index contributed by atoms with van der Waals surface area (Å²) in [6.07, 6.45) is 3.41. The summed E-state index contributed by atoms with van der Waals surface area (Å²) in [6, 6.07) is 8.30. The molecule has 2 aromatic carbocycles. The molecule has 12 heteroatoms. The second-order valence-electron chi connectivity index (χ2n) is 19.7. The number of aliphatic hydroxyl groups is 1. The van der Waals surface area contributed by atoms with Gasteiger partial charge in [0.2, 0.25) is 0 Å². The van der Waals surface area contributed by atoms with Gasteiger partial charge in [-0.15, -0.1) is 5.54 Å². The van der Waals surface area contributed by atoms with Crippen molar-refractivity contribution in [2.45, 2.75) is 142 Å². The molecule has 3 aliphatic heterocycles. The number of anilines is 1. The number of carbonyl (C=O) groups excluding carboxylic acids is 1. The van der Waals surface area contributed by atoms with Gasteiger partial charge in [-0.05, 0) is 86.9 Å². The van der Waals surface area contributed by atoms with Gasteiger partial charge in [0.05, 0.1) is 48.0 Å². The van der Waals surface area contributed by atoms with Gasteiger partial charge < -0.3 is 19.5 Å². The maximum Gasteiger partial charge on any atom is 0.410 e. The molecular formula is C47H59F2N5O4Si. The van der Waals surface area contributed by atoms with Crippen molar-refractivity contribution in [1.29, 1.82) is 0 Å². The maximum atomic E-state index is 17.7. The molecule has 4 aromatic rings. The summed E-state index contributed by atoms with van der Waals surface area (Å²) in [7, 11) is -2.26. The van der Waals surface area contributed by atoms with Crippen LogP contribution in [-0.2, 0) is 11.2 Å². The maximum absolute atomic E-state index is 17.7. The summed E-state index contributed by atoms with van der Waals surface area (Å²) in [5.74, 6) is 2.78. The van der Waals surface area contributed by atoms with Crippen molar-refractivity contribution in [3.05, 3.63) is 53.2 Å².